The van der Waals surface area contributed by atoms with Gasteiger partial charge in [-0.15, -0.1) is 0 Å². The largest absolute Gasteiger partial charge is 0.469 e. The molecule has 3 aliphatic heterocycles. The number of fused-ring (bicyclic) bond motifs is 8. The molecule has 29 heavy (non-hydrogen) atoms. The molecule has 6 nitrogen and oxygen atoms in total. The van der Waals surface area contributed by atoms with Crippen LogP contribution in [0.1, 0.15) is 53.3 Å². The van der Waals surface area contributed by atoms with Crippen LogP contribution in [0.5, 0.6) is 0 Å². The van der Waals surface area contributed by atoms with Gasteiger partial charge in [0.05, 0.1) is 32.8 Å². The van der Waals surface area contributed by atoms with E-state index in [1.807, 2.05) is 36.4 Å². The number of benzene rings is 2. The van der Waals surface area contributed by atoms with Gasteiger partial charge >= 0.3 is 12.1 Å². The van der Waals surface area contributed by atoms with Crippen LogP contribution in [0.25, 0.3) is 5.57 Å². The molecule has 3 heterocycles. The molecule has 0 saturated heterocycles. The molecule has 5 rings (SSSR count). The minimum absolute atomic E-state index is 0.0581. The first-order valence-corrected chi connectivity index (χ1v) is 9.64. The third-order valence-electron chi connectivity index (χ3n) is 6.05. The fraction of sp³-hybridized carbons (Fsp3) is 0.304. The molecule has 0 aromatic heterocycles. The Kier molecular flexibility index (Phi) is 4.17. The number of rotatable bonds is 2. The molecule has 2 aromatic rings. The molecule has 3 aliphatic rings. The Balaban J connectivity index is 1.72. The predicted molar refractivity (Wildman–Crippen MR) is 105 cm³/mol. The molecule has 2 aromatic carbocycles. The summed E-state index contributed by atoms with van der Waals surface area (Å²) < 4.78 is 16.4. The average Bonchev–Trinajstić information content (AvgIpc) is 3.05. The number of methoxy groups -OCH3 is 2. The normalized spacial score (nSPS) is 23.8. The minimum Gasteiger partial charge on any atom is -0.469 e. The average molecular weight is 391 g/mol. The van der Waals surface area contributed by atoms with Crippen molar-refractivity contribution >= 4 is 17.6 Å². The Bertz CT molecular complexity index is 1040. The van der Waals surface area contributed by atoms with Gasteiger partial charge in [-0.2, -0.15) is 0 Å². The molecule has 0 unspecified atom stereocenters. The zero-order valence-electron chi connectivity index (χ0n) is 16.3. The van der Waals surface area contributed by atoms with Crippen molar-refractivity contribution in [3.8, 4) is 0 Å². The van der Waals surface area contributed by atoms with Crippen molar-refractivity contribution in [2.45, 2.75) is 31.1 Å². The molecular weight excluding hydrogens is 370 g/mol. The first-order chi connectivity index (χ1) is 14.1. The maximum Gasteiger partial charge on any atom is 0.414 e. The van der Waals surface area contributed by atoms with Crippen molar-refractivity contribution in [3.05, 3.63) is 76.5 Å². The van der Waals surface area contributed by atoms with Gasteiger partial charge < -0.3 is 14.2 Å². The Morgan fingerprint density at radius 3 is 2.41 bits per heavy atom. The van der Waals surface area contributed by atoms with E-state index in [9.17, 15) is 9.59 Å². The van der Waals surface area contributed by atoms with E-state index in [-0.39, 0.29) is 24.6 Å². The monoisotopic (exact) mass is 391 g/mol. The van der Waals surface area contributed by atoms with Gasteiger partial charge in [-0.05, 0) is 22.3 Å². The van der Waals surface area contributed by atoms with Crippen molar-refractivity contribution < 1.29 is 23.8 Å². The summed E-state index contributed by atoms with van der Waals surface area (Å²) in [6.45, 7) is 0. The standard InChI is InChI=1S/C23H21NO5/c1-27-20(25)12-17-13-7-3-5-9-15(13)21-18(24(17)23(26)28-2)11-19-14-8-4-6-10-16(14)22(21)29-19/h3-10,17,19,22H,11-12H2,1-2H3/t17-,19-,22-/m0/s1. The lowest BCUT2D eigenvalue weighted by Gasteiger charge is -2.42. The number of nitrogens with zero attached hydrogens (tertiary/aromatic N) is 1. The van der Waals surface area contributed by atoms with Crippen LogP contribution < -0.4 is 0 Å². The second-order valence-electron chi connectivity index (χ2n) is 7.42. The molecule has 0 saturated carbocycles. The van der Waals surface area contributed by atoms with Crippen LogP contribution in [0, 0.1) is 0 Å². The highest BCUT2D eigenvalue weighted by Crippen LogP contribution is 2.58. The topological polar surface area (TPSA) is 65.1 Å². The summed E-state index contributed by atoms with van der Waals surface area (Å²) in [7, 11) is 2.72. The van der Waals surface area contributed by atoms with Crippen molar-refractivity contribution in [3.63, 3.8) is 0 Å². The summed E-state index contributed by atoms with van der Waals surface area (Å²) in [6, 6.07) is 15.6. The van der Waals surface area contributed by atoms with Crippen molar-refractivity contribution in [1.82, 2.24) is 4.90 Å². The van der Waals surface area contributed by atoms with Crippen LogP contribution in [0.2, 0.25) is 0 Å². The summed E-state index contributed by atoms with van der Waals surface area (Å²) in [6.07, 6.45) is -0.239. The van der Waals surface area contributed by atoms with Gasteiger partial charge in [0.25, 0.3) is 0 Å². The van der Waals surface area contributed by atoms with E-state index in [4.69, 9.17) is 14.2 Å². The number of hydrogen-bond donors (Lipinski definition) is 0. The van der Waals surface area contributed by atoms with E-state index < -0.39 is 12.1 Å². The fourth-order valence-corrected chi connectivity index (χ4v) is 4.84. The van der Waals surface area contributed by atoms with Gasteiger partial charge in [0.15, 0.2) is 0 Å². The van der Waals surface area contributed by atoms with E-state index in [1.165, 1.54) is 14.2 Å². The van der Waals surface area contributed by atoms with E-state index in [2.05, 4.69) is 12.1 Å². The molecular formula is C23H21NO5. The number of hydrogen-bond acceptors (Lipinski definition) is 5. The zero-order chi connectivity index (χ0) is 20.1. The quantitative estimate of drug-likeness (QED) is 0.714. The maximum absolute atomic E-state index is 12.9. The lowest BCUT2D eigenvalue weighted by molar-refractivity contribution is -0.141. The highest BCUT2D eigenvalue weighted by Gasteiger charge is 2.48. The zero-order valence-corrected chi connectivity index (χ0v) is 16.3. The van der Waals surface area contributed by atoms with Crippen LogP contribution in [0.4, 0.5) is 4.79 Å². The van der Waals surface area contributed by atoms with Gasteiger partial charge in [0.1, 0.15) is 6.10 Å². The summed E-state index contributed by atoms with van der Waals surface area (Å²) in [5.41, 5.74) is 6.03. The molecule has 0 fully saturated rings. The van der Waals surface area contributed by atoms with Gasteiger partial charge in [0, 0.05) is 17.7 Å². The second kappa shape index (κ2) is 6.74. The van der Waals surface area contributed by atoms with E-state index in [1.54, 1.807) is 4.90 Å². The number of esters is 1. The molecule has 3 atom stereocenters. The van der Waals surface area contributed by atoms with Crippen molar-refractivity contribution in [2.24, 2.45) is 0 Å². The highest BCUT2D eigenvalue weighted by atomic mass is 16.5. The highest BCUT2D eigenvalue weighted by molar-refractivity contribution is 5.86. The second-order valence-corrected chi connectivity index (χ2v) is 7.42. The number of amides is 1. The Morgan fingerprint density at radius 2 is 1.69 bits per heavy atom. The molecule has 148 valence electrons. The third kappa shape index (κ3) is 2.59. The first-order valence-electron chi connectivity index (χ1n) is 9.64. The maximum atomic E-state index is 12.9. The molecule has 2 bridgehead atoms. The number of carbonyl (C=O) groups excluding carboxylic acids is 2. The van der Waals surface area contributed by atoms with Crippen LogP contribution in [-0.4, -0.2) is 31.2 Å². The smallest absolute Gasteiger partial charge is 0.414 e. The first kappa shape index (κ1) is 17.9. The summed E-state index contributed by atoms with van der Waals surface area (Å²) >= 11 is 0. The molecule has 0 N–H and O–H groups in total. The van der Waals surface area contributed by atoms with Crippen molar-refractivity contribution in [2.75, 3.05) is 14.2 Å². The van der Waals surface area contributed by atoms with Gasteiger partial charge in [-0.25, -0.2) is 4.79 Å². The summed E-state index contributed by atoms with van der Waals surface area (Å²) in [5.74, 6) is -0.374. The molecule has 0 spiro atoms. The Morgan fingerprint density at radius 1 is 1.00 bits per heavy atom. The predicted octanol–water partition coefficient (Wildman–Crippen LogP) is 4.30. The fourth-order valence-electron chi connectivity index (χ4n) is 4.84. The Labute approximate surface area is 168 Å². The van der Waals surface area contributed by atoms with Crippen LogP contribution in [-0.2, 0) is 19.0 Å². The minimum atomic E-state index is -0.481. The van der Waals surface area contributed by atoms with Gasteiger partial charge in [-0.1, -0.05) is 48.5 Å². The van der Waals surface area contributed by atoms with Crippen molar-refractivity contribution in [1.29, 1.82) is 0 Å². The summed E-state index contributed by atoms with van der Waals surface area (Å²) in [4.78, 5) is 26.7. The van der Waals surface area contributed by atoms with E-state index in [0.29, 0.717) is 6.42 Å². The molecule has 0 radical (unpaired) electrons. The van der Waals surface area contributed by atoms with Crippen LogP contribution in [0.3, 0.4) is 0 Å². The van der Waals surface area contributed by atoms with E-state index in [0.717, 1.165) is 33.5 Å². The lowest BCUT2D eigenvalue weighted by atomic mass is 9.82. The number of ether oxygens (including phenoxy) is 3. The van der Waals surface area contributed by atoms with Crippen LogP contribution in [0.15, 0.2) is 54.2 Å². The molecule has 1 amide bonds. The van der Waals surface area contributed by atoms with Crippen LogP contribution >= 0.6 is 0 Å². The van der Waals surface area contributed by atoms with Gasteiger partial charge in [-0.3, -0.25) is 9.69 Å². The number of carbonyl (C=O) groups is 2. The van der Waals surface area contributed by atoms with E-state index >= 15 is 0 Å². The third-order valence-corrected chi connectivity index (χ3v) is 6.05. The SMILES string of the molecule is COC(=O)C[C@H]1c2ccccc2C2=C(C[C@@H]3O[C@H]2c2ccccc23)N1C(=O)OC. The molecule has 6 heteroatoms. The Hall–Kier alpha value is -3.12. The lowest BCUT2D eigenvalue weighted by Crippen LogP contribution is -2.40. The van der Waals surface area contributed by atoms with Gasteiger partial charge in [0.2, 0.25) is 0 Å². The summed E-state index contributed by atoms with van der Waals surface area (Å²) in [5, 5.41) is 0. The molecule has 0 aliphatic carbocycles.